The predicted molar refractivity (Wildman–Crippen MR) is 48.6 cm³/mol. The van der Waals surface area contributed by atoms with Gasteiger partial charge in [0.05, 0.1) is 5.41 Å². The number of ketones is 1. The van der Waals surface area contributed by atoms with E-state index >= 15 is 0 Å². The smallest absolute Gasteiger partial charge is 0.147 e. The lowest BCUT2D eigenvalue weighted by atomic mass is 9.68. The molecule has 0 unspecified atom stereocenters. The number of carbonyl (C=O) groups excluding carboxylic acids is 1. The van der Waals surface area contributed by atoms with E-state index in [1.165, 1.54) is 0 Å². The minimum absolute atomic E-state index is 0.323. The molecule has 1 nitrogen and oxygen atoms in total. The van der Waals surface area contributed by atoms with Crippen molar-refractivity contribution in [3.8, 4) is 0 Å². The molecule has 3 rings (SSSR count). The lowest BCUT2D eigenvalue weighted by molar-refractivity contribution is -0.125. The standard InChI is InChI=1S/C11H12O/c1-2-5-11-6-3-9(4-7-11)8-10(11)12/h2-4,6-7,9H,1,5,8H2. The van der Waals surface area contributed by atoms with Gasteiger partial charge in [-0.3, -0.25) is 4.79 Å². The molecule has 0 aliphatic heterocycles. The van der Waals surface area contributed by atoms with Gasteiger partial charge in [-0.05, 0) is 6.42 Å². The highest BCUT2D eigenvalue weighted by molar-refractivity contribution is 5.91. The molecule has 0 heterocycles. The Hall–Kier alpha value is -1.11. The Bertz CT molecular complexity index is 269. The molecule has 0 spiro atoms. The van der Waals surface area contributed by atoms with Crippen LogP contribution >= 0.6 is 0 Å². The molecule has 0 N–H and O–H groups in total. The van der Waals surface area contributed by atoms with Gasteiger partial charge in [-0.25, -0.2) is 0 Å². The van der Waals surface area contributed by atoms with Crippen LogP contribution in [0.4, 0.5) is 0 Å². The molecule has 0 aromatic heterocycles. The molecular weight excluding hydrogens is 148 g/mol. The summed E-state index contributed by atoms with van der Waals surface area (Å²) in [6.45, 7) is 3.68. The van der Waals surface area contributed by atoms with Gasteiger partial charge in [0.2, 0.25) is 0 Å². The molecule has 62 valence electrons. The van der Waals surface area contributed by atoms with Crippen molar-refractivity contribution in [1.29, 1.82) is 0 Å². The molecule has 3 aliphatic carbocycles. The minimum atomic E-state index is -0.323. The van der Waals surface area contributed by atoms with Crippen molar-refractivity contribution in [2.45, 2.75) is 12.8 Å². The summed E-state index contributed by atoms with van der Waals surface area (Å²) in [6, 6.07) is 0. The van der Waals surface area contributed by atoms with Gasteiger partial charge in [0.1, 0.15) is 5.78 Å². The second-order valence-electron chi connectivity index (χ2n) is 3.54. The van der Waals surface area contributed by atoms with Gasteiger partial charge in [-0.1, -0.05) is 30.4 Å². The Balaban J connectivity index is 2.38. The van der Waals surface area contributed by atoms with Crippen molar-refractivity contribution >= 4 is 5.78 Å². The van der Waals surface area contributed by atoms with E-state index in [-0.39, 0.29) is 5.41 Å². The number of carbonyl (C=O) groups is 1. The molecule has 0 amide bonds. The normalized spacial score (nSPS) is 37.3. The Labute approximate surface area is 72.5 Å². The molecule has 12 heavy (non-hydrogen) atoms. The third-order valence-electron chi connectivity index (χ3n) is 2.70. The number of Topliss-reactive ketones (excluding diaryl/α,β-unsaturated/α-hetero) is 1. The number of allylic oxidation sites excluding steroid dienone is 5. The molecule has 0 radical (unpaired) electrons. The topological polar surface area (TPSA) is 17.1 Å². The average molecular weight is 160 g/mol. The van der Waals surface area contributed by atoms with Crippen LogP contribution in [0.1, 0.15) is 12.8 Å². The summed E-state index contributed by atoms with van der Waals surface area (Å²) in [6.07, 6.45) is 11.6. The van der Waals surface area contributed by atoms with E-state index in [0.29, 0.717) is 18.1 Å². The molecule has 0 saturated carbocycles. The molecule has 2 bridgehead atoms. The molecule has 0 fully saturated rings. The summed E-state index contributed by atoms with van der Waals surface area (Å²) in [4.78, 5) is 11.6. The highest BCUT2D eigenvalue weighted by atomic mass is 16.1. The summed E-state index contributed by atoms with van der Waals surface area (Å²) < 4.78 is 0. The van der Waals surface area contributed by atoms with Crippen LogP contribution in [0.5, 0.6) is 0 Å². The van der Waals surface area contributed by atoms with Crippen molar-refractivity contribution in [1.82, 2.24) is 0 Å². The van der Waals surface area contributed by atoms with Crippen LogP contribution < -0.4 is 0 Å². The first kappa shape index (κ1) is 7.53. The van der Waals surface area contributed by atoms with Gasteiger partial charge >= 0.3 is 0 Å². The van der Waals surface area contributed by atoms with Crippen LogP contribution in [0.2, 0.25) is 0 Å². The Morgan fingerprint density at radius 2 is 2.25 bits per heavy atom. The second kappa shape index (κ2) is 2.44. The fourth-order valence-corrected chi connectivity index (χ4v) is 1.93. The van der Waals surface area contributed by atoms with Crippen molar-refractivity contribution in [2.24, 2.45) is 11.3 Å². The molecule has 0 atom stereocenters. The monoisotopic (exact) mass is 160 g/mol. The Morgan fingerprint density at radius 3 is 2.75 bits per heavy atom. The highest BCUT2D eigenvalue weighted by Crippen LogP contribution is 2.40. The van der Waals surface area contributed by atoms with Crippen molar-refractivity contribution in [3.63, 3.8) is 0 Å². The van der Waals surface area contributed by atoms with Gasteiger partial charge in [-0.15, -0.1) is 6.58 Å². The predicted octanol–water partition coefficient (Wildman–Crippen LogP) is 2.26. The van der Waals surface area contributed by atoms with E-state index in [1.807, 2.05) is 18.2 Å². The van der Waals surface area contributed by atoms with Crippen LogP contribution in [0.3, 0.4) is 0 Å². The first-order chi connectivity index (χ1) is 5.77. The number of fused-ring (bicyclic) bond motifs is 1. The second-order valence-corrected chi connectivity index (χ2v) is 3.54. The number of hydrogen-bond acceptors (Lipinski definition) is 1. The lowest BCUT2D eigenvalue weighted by Gasteiger charge is -2.34. The van der Waals surface area contributed by atoms with Crippen molar-refractivity contribution < 1.29 is 4.79 Å². The fraction of sp³-hybridized carbons (Fsp3) is 0.364. The first-order valence-corrected chi connectivity index (χ1v) is 4.30. The Morgan fingerprint density at radius 1 is 1.58 bits per heavy atom. The lowest BCUT2D eigenvalue weighted by Crippen LogP contribution is -2.34. The van der Waals surface area contributed by atoms with E-state index in [9.17, 15) is 4.79 Å². The highest BCUT2D eigenvalue weighted by Gasteiger charge is 2.38. The van der Waals surface area contributed by atoms with E-state index in [1.54, 1.807) is 0 Å². The van der Waals surface area contributed by atoms with Crippen LogP contribution in [-0.4, -0.2) is 5.78 Å². The van der Waals surface area contributed by atoms with Crippen molar-refractivity contribution in [3.05, 3.63) is 37.0 Å². The summed E-state index contributed by atoms with van der Waals surface area (Å²) in [7, 11) is 0. The van der Waals surface area contributed by atoms with Gasteiger partial charge in [0.25, 0.3) is 0 Å². The largest absolute Gasteiger partial charge is 0.298 e. The van der Waals surface area contributed by atoms with E-state index in [4.69, 9.17) is 0 Å². The van der Waals surface area contributed by atoms with Crippen LogP contribution in [-0.2, 0) is 4.79 Å². The molecule has 1 heteroatoms. The van der Waals surface area contributed by atoms with Crippen LogP contribution in [0.15, 0.2) is 37.0 Å². The van der Waals surface area contributed by atoms with Gasteiger partial charge in [-0.2, -0.15) is 0 Å². The summed E-state index contributed by atoms with van der Waals surface area (Å²) >= 11 is 0. The van der Waals surface area contributed by atoms with Gasteiger partial charge in [0.15, 0.2) is 0 Å². The maximum atomic E-state index is 11.6. The SMILES string of the molecule is C=CCC12C=CC(C=C1)CC2=O. The van der Waals surface area contributed by atoms with Crippen LogP contribution in [0.25, 0.3) is 0 Å². The Kier molecular flexibility index (Phi) is 1.53. The van der Waals surface area contributed by atoms with Gasteiger partial charge < -0.3 is 0 Å². The van der Waals surface area contributed by atoms with E-state index < -0.39 is 0 Å². The fourth-order valence-electron chi connectivity index (χ4n) is 1.93. The molecule has 0 aromatic carbocycles. The summed E-state index contributed by atoms with van der Waals surface area (Å²) in [5, 5.41) is 0. The van der Waals surface area contributed by atoms with Gasteiger partial charge in [0, 0.05) is 12.3 Å². The third-order valence-corrected chi connectivity index (χ3v) is 2.70. The van der Waals surface area contributed by atoms with Crippen molar-refractivity contribution in [2.75, 3.05) is 0 Å². The summed E-state index contributed by atoms with van der Waals surface area (Å²) in [5.41, 5.74) is -0.323. The minimum Gasteiger partial charge on any atom is -0.298 e. The summed E-state index contributed by atoms with van der Waals surface area (Å²) in [5.74, 6) is 0.710. The third kappa shape index (κ3) is 0.893. The maximum Gasteiger partial charge on any atom is 0.147 e. The molecule has 3 aliphatic rings. The number of rotatable bonds is 2. The quantitative estimate of drug-likeness (QED) is 0.566. The average Bonchev–Trinajstić information content (AvgIpc) is 2.08. The van der Waals surface area contributed by atoms with E-state index in [2.05, 4.69) is 18.7 Å². The maximum absolute atomic E-state index is 11.6. The molecular formula is C11H12O. The zero-order chi connectivity index (χ0) is 8.60. The number of hydrogen-bond donors (Lipinski definition) is 0. The molecule has 0 saturated heterocycles. The van der Waals surface area contributed by atoms with E-state index in [0.717, 1.165) is 6.42 Å². The van der Waals surface area contributed by atoms with Crippen LogP contribution in [0, 0.1) is 11.3 Å². The molecule has 0 aromatic rings. The zero-order valence-electron chi connectivity index (χ0n) is 6.99. The zero-order valence-corrected chi connectivity index (χ0v) is 6.99. The first-order valence-electron chi connectivity index (χ1n) is 4.30.